The third-order valence-corrected chi connectivity index (χ3v) is 11.4. The average Bonchev–Trinajstić information content (AvgIpc) is 3.91. The monoisotopic (exact) mass is 622 g/mol. The Bertz CT molecular complexity index is 2420. The Morgan fingerprint density at radius 3 is 1.04 bits per heavy atom. The van der Waals surface area contributed by atoms with Gasteiger partial charge in [0.2, 0.25) is 0 Å². The molecule has 0 amide bonds. The molecule has 4 heterocycles. The van der Waals surface area contributed by atoms with E-state index in [4.69, 9.17) is 0 Å². The third kappa shape index (κ3) is 3.75. The normalized spacial score (nSPS) is 11.9. The number of hydrogen-bond donors (Lipinski definition) is 0. The second kappa shape index (κ2) is 10.0. The Labute approximate surface area is 274 Å². The summed E-state index contributed by atoms with van der Waals surface area (Å²) in [5.74, 6) is 0. The predicted octanol–water partition coefficient (Wildman–Crippen LogP) is 12.4. The molecule has 0 aliphatic heterocycles. The summed E-state index contributed by atoms with van der Waals surface area (Å²) in [6, 6.07) is 57.5. The summed E-state index contributed by atoms with van der Waals surface area (Å²) in [7, 11) is 0. The third-order valence-electron chi connectivity index (χ3n) is 9.22. The van der Waals surface area contributed by atoms with Crippen LogP contribution < -0.4 is 0 Å². The van der Waals surface area contributed by atoms with E-state index in [1.54, 1.807) is 0 Å². The van der Waals surface area contributed by atoms with Crippen LogP contribution in [0, 0.1) is 0 Å². The van der Waals surface area contributed by atoms with Gasteiger partial charge in [-0.05, 0) is 65.7 Å². The molecule has 0 bridgehead atoms. The van der Waals surface area contributed by atoms with Crippen LogP contribution in [0.4, 0.5) is 0 Å². The molecule has 2 nitrogen and oxygen atoms in total. The second-order valence-corrected chi connectivity index (χ2v) is 13.8. The molecule has 4 aromatic carbocycles. The van der Waals surface area contributed by atoms with Crippen molar-refractivity contribution < 1.29 is 0 Å². The minimum absolute atomic E-state index is 1.23. The van der Waals surface area contributed by atoms with Gasteiger partial charge in [-0.1, -0.05) is 103 Å². The van der Waals surface area contributed by atoms with Gasteiger partial charge in [-0.3, -0.25) is 0 Å². The van der Waals surface area contributed by atoms with Crippen molar-refractivity contribution in [2.24, 2.45) is 0 Å². The molecule has 0 N–H and O–H groups in total. The van der Waals surface area contributed by atoms with Crippen LogP contribution in [-0.2, 0) is 0 Å². The van der Waals surface area contributed by atoms with E-state index in [0.29, 0.717) is 0 Å². The molecule has 0 unspecified atom stereocenters. The topological polar surface area (TPSA) is 9.86 Å². The number of para-hydroxylation sites is 4. The van der Waals surface area contributed by atoms with Crippen LogP contribution in [-0.4, -0.2) is 9.13 Å². The number of thiophene rings is 2. The van der Waals surface area contributed by atoms with Crippen LogP contribution in [0.1, 0.15) is 0 Å². The number of rotatable bonds is 4. The zero-order valence-electron chi connectivity index (χ0n) is 24.7. The molecule has 4 heteroatoms. The van der Waals surface area contributed by atoms with Crippen molar-refractivity contribution in [2.75, 3.05) is 0 Å². The smallest absolute Gasteiger partial charge is 0.101 e. The first kappa shape index (κ1) is 25.9. The van der Waals surface area contributed by atoms with Crippen molar-refractivity contribution in [1.29, 1.82) is 0 Å². The highest BCUT2D eigenvalue weighted by molar-refractivity contribution is 7.18. The van der Waals surface area contributed by atoms with Gasteiger partial charge < -0.3 is 9.13 Å². The van der Waals surface area contributed by atoms with E-state index < -0.39 is 0 Å². The highest BCUT2D eigenvalue weighted by Crippen LogP contribution is 2.48. The summed E-state index contributed by atoms with van der Waals surface area (Å²) in [6.45, 7) is 0. The highest BCUT2D eigenvalue weighted by Gasteiger charge is 2.22. The Kier molecular flexibility index (Phi) is 5.65. The fraction of sp³-hybridized carbons (Fsp3) is 0. The molecule has 0 atom stereocenters. The average molecular weight is 623 g/mol. The molecule has 216 valence electrons. The summed E-state index contributed by atoms with van der Waals surface area (Å²) in [6.07, 6.45) is 0. The Morgan fingerprint density at radius 1 is 0.304 bits per heavy atom. The van der Waals surface area contributed by atoms with E-state index in [2.05, 4.69) is 167 Å². The standard InChI is InChI=1S/C42H26N2S2/c1-2-12-27-28(13-3-1)34(40-23-25-42(46-40)44-37-20-10-6-16-31(37)32-17-7-11-21-38(32)44)26-33(27)39-22-24-41(45-39)43-35-18-8-4-14-29(35)30-15-5-9-19-36(30)43/h1-26H. The maximum atomic E-state index is 2.42. The van der Waals surface area contributed by atoms with E-state index in [-0.39, 0.29) is 0 Å². The maximum absolute atomic E-state index is 2.42. The Hall–Kier alpha value is -5.42. The van der Waals surface area contributed by atoms with Crippen LogP contribution in [0.2, 0.25) is 0 Å². The van der Waals surface area contributed by atoms with E-state index >= 15 is 0 Å². The van der Waals surface area contributed by atoms with Crippen LogP contribution in [0.5, 0.6) is 0 Å². The quantitative estimate of drug-likeness (QED) is 0.185. The van der Waals surface area contributed by atoms with Gasteiger partial charge in [-0.2, -0.15) is 0 Å². The van der Waals surface area contributed by atoms with E-state index in [1.165, 1.54) is 85.6 Å². The first-order valence-electron chi connectivity index (χ1n) is 15.5. The number of benzene rings is 4. The van der Waals surface area contributed by atoms with Crippen LogP contribution in [0.25, 0.3) is 85.6 Å². The molecule has 2 aliphatic rings. The molecule has 2 aliphatic carbocycles. The molecule has 46 heavy (non-hydrogen) atoms. The van der Waals surface area contributed by atoms with Gasteiger partial charge in [0.25, 0.3) is 0 Å². The molecular formula is C42H26N2S2. The Balaban J connectivity index is 1.13. The van der Waals surface area contributed by atoms with Crippen LogP contribution >= 0.6 is 22.7 Å². The molecule has 0 fully saturated rings. The fourth-order valence-corrected chi connectivity index (χ4v) is 9.36. The SMILES string of the molecule is c1ccc2c(-c3ccc(-n4c5ccccc5c5ccccc54)s3)cc(-c3ccc(-n4c5ccccc5c5ccccc54)s3)c-2cc1. The van der Waals surface area contributed by atoms with Gasteiger partial charge in [0, 0.05) is 42.4 Å². The summed E-state index contributed by atoms with van der Waals surface area (Å²) < 4.78 is 4.84. The highest BCUT2D eigenvalue weighted by atomic mass is 32.1. The fourth-order valence-electron chi connectivity index (χ4n) is 7.23. The molecular weight excluding hydrogens is 597 g/mol. The molecule has 4 aromatic heterocycles. The molecule has 0 saturated carbocycles. The lowest BCUT2D eigenvalue weighted by Gasteiger charge is -2.04. The predicted molar refractivity (Wildman–Crippen MR) is 198 cm³/mol. The number of fused-ring (bicyclic) bond motifs is 7. The minimum Gasteiger partial charge on any atom is -0.301 e. The summed E-state index contributed by atoms with van der Waals surface area (Å²) in [5, 5.41) is 7.62. The number of nitrogens with zero attached hydrogens (tertiary/aromatic N) is 2. The largest absolute Gasteiger partial charge is 0.301 e. The van der Waals surface area contributed by atoms with Crippen molar-refractivity contribution >= 4 is 66.3 Å². The van der Waals surface area contributed by atoms with Crippen molar-refractivity contribution in [3.05, 3.63) is 158 Å². The molecule has 0 spiro atoms. The first-order valence-corrected chi connectivity index (χ1v) is 17.2. The molecule has 10 rings (SSSR count). The van der Waals surface area contributed by atoms with Crippen LogP contribution in [0.15, 0.2) is 158 Å². The van der Waals surface area contributed by atoms with E-state index in [1.807, 2.05) is 22.7 Å². The van der Waals surface area contributed by atoms with Gasteiger partial charge in [0.15, 0.2) is 0 Å². The summed E-state index contributed by atoms with van der Waals surface area (Å²) >= 11 is 3.72. The lowest BCUT2D eigenvalue weighted by molar-refractivity contribution is 1.22. The molecule has 0 saturated heterocycles. The second-order valence-electron chi connectivity index (χ2n) is 11.7. The minimum atomic E-state index is 1.23. The van der Waals surface area contributed by atoms with Crippen molar-refractivity contribution in [3.8, 4) is 42.0 Å². The zero-order chi connectivity index (χ0) is 30.2. The summed E-state index contributed by atoms with van der Waals surface area (Å²) in [4.78, 5) is 2.55. The van der Waals surface area contributed by atoms with Gasteiger partial charge in [-0.15, -0.1) is 22.7 Å². The number of hydrogen-bond acceptors (Lipinski definition) is 2. The van der Waals surface area contributed by atoms with Gasteiger partial charge in [-0.25, -0.2) is 0 Å². The lowest BCUT2D eigenvalue weighted by atomic mass is 10.1. The van der Waals surface area contributed by atoms with Crippen molar-refractivity contribution in [2.45, 2.75) is 0 Å². The van der Waals surface area contributed by atoms with E-state index in [9.17, 15) is 0 Å². The number of aromatic nitrogens is 2. The summed E-state index contributed by atoms with van der Waals surface area (Å²) in [5.41, 5.74) is 10.1. The molecule has 0 radical (unpaired) electrons. The van der Waals surface area contributed by atoms with Gasteiger partial charge >= 0.3 is 0 Å². The van der Waals surface area contributed by atoms with E-state index in [0.717, 1.165) is 0 Å². The van der Waals surface area contributed by atoms with Gasteiger partial charge in [0.05, 0.1) is 22.1 Å². The zero-order valence-corrected chi connectivity index (χ0v) is 26.4. The first-order chi connectivity index (χ1) is 22.8. The van der Waals surface area contributed by atoms with Crippen LogP contribution in [0.3, 0.4) is 0 Å². The van der Waals surface area contributed by atoms with Crippen molar-refractivity contribution in [3.63, 3.8) is 0 Å². The van der Waals surface area contributed by atoms with Crippen molar-refractivity contribution in [1.82, 2.24) is 9.13 Å². The molecule has 8 aromatic rings. The lowest BCUT2D eigenvalue weighted by Crippen LogP contribution is -1.89. The maximum Gasteiger partial charge on any atom is 0.101 e. The van der Waals surface area contributed by atoms with Gasteiger partial charge in [0.1, 0.15) is 10.0 Å². The Morgan fingerprint density at radius 2 is 0.652 bits per heavy atom.